The van der Waals surface area contributed by atoms with Crippen molar-refractivity contribution in [3.63, 3.8) is 0 Å². The van der Waals surface area contributed by atoms with Gasteiger partial charge in [0, 0.05) is 25.6 Å². The zero-order valence-corrected chi connectivity index (χ0v) is 10.1. The van der Waals surface area contributed by atoms with Crippen molar-refractivity contribution in [2.45, 2.75) is 12.5 Å². The summed E-state index contributed by atoms with van der Waals surface area (Å²) < 4.78 is 10.3. The largest absolute Gasteiger partial charge is 0.479 e. The van der Waals surface area contributed by atoms with Crippen molar-refractivity contribution in [3.05, 3.63) is 0 Å². The van der Waals surface area contributed by atoms with E-state index in [1.54, 1.807) is 0 Å². The molecule has 2 rings (SSSR count). The van der Waals surface area contributed by atoms with Crippen LogP contribution in [0.3, 0.4) is 0 Å². The third kappa shape index (κ3) is 3.33. The van der Waals surface area contributed by atoms with Crippen LogP contribution in [0.15, 0.2) is 0 Å². The summed E-state index contributed by atoms with van der Waals surface area (Å²) in [4.78, 5) is 24.1. The van der Waals surface area contributed by atoms with Gasteiger partial charge in [0.25, 0.3) is 0 Å². The second kappa shape index (κ2) is 6.01. The molecule has 0 saturated carbocycles. The molecule has 0 aliphatic carbocycles. The van der Waals surface area contributed by atoms with Crippen LogP contribution in [0, 0.1) is 5.92 Å². The number of nitrogens with zero attached hydrogens (tertiary/aromatic N) is 1. The van der Waals surface area contributed by atoms with Crippen LogP contribution in [0.4, 0.5) is 4.79 Å². The average Bonchev–Trinajstić information content (AvgIpc) is 2.89. The number of nitrogens with one attached hydrogen (secondary N) is 1. The monoisotopic (exact) mass is 258 g/mol. The highest BCUT2D eigenvalue weighted by Crippen LogP contribution is 2.11. The third-order valence-corrected chi connectivity index (χ3v) is 3.20. The summed E-state index contributed by atoms with van der Waals surface area (Å²) in [6.45, 7) is 2.80. The molecule has 18 heavy (non-hydrogen) atoms. The van der Waals surface area contributed by atoms with Gasteiger partial charge in [-0.25, -0.2) is 9.59 Å². The second-order valence-corrected chi connectivity index (χ2v) is 4.56. The first-order valence-corrected chi connectivity index (χ1v) is 6.11. The van der Waals surface area contributed by atoms with Gasteiger partial charge in [-0.15, -0.1) is 0 Å². The summed E-state index contributed by atoms with van der Waals surface area (Å²) in [6.07, 6.45) is 0.0422. The van der Waals surface area contributed by atoms with Crippen molar-refractivity contribution < 1.29 is 24.2 Å². The Morgan fingerprint density at radius 3 is 2.89 bits per heavy atom. The molecule has 2 fully saturated rings. The van der Waals surface area contributed by atoms with Gasteiger partial charge < -0.3 is 24.8 Å². The summed E-state index contributed by atoms with van der Waals surface area (Å²) in [5, 5.41) is 11.7. The van der Waals surface area contributed by atoms with Crippen LogP contribution in [0.2, 0.25) is 0 Å². The highest BCUT2D eigenvalue weighted by molar-refractivity contribution is 5.77. The van der Waals surface area contributed by atoms with Crippen molar-refractivity contribution in [2.24, 2.45) is 5.92 Å². The molecule has 2 saturated heterocycles. The quantitative estimate of drug-likeness (QED) is 0.713. The first-order valence-electron chi connectivity index (χ1n) is 6.11. The van der Waals surface area contributed by atoms with Crippen LogP contribution < -0.4 is 5.32 Å². The zero-order chi connectivity index (χ0) is 13.0. The number of carboxylic acid groups (broad SMARTS) is 1. The van der Waals surface area contributed by atoms with E-state index in [1.165, 1.54) is 4.90 Å². The molecule has 2 aliphatic heterocycles. The Balaban J connectivity index is 1.75. The molecular formula is C11H18N2O5. The highest BCUT2D eigenvalue weighted by Gasteiger charge is 2.29. The maximum Gasteiger partial charge on any atom is 0.334 e. The lowest BCUT2D eigenvalue weighted by Gasteiger charge is -2.31. The van der Waals surface area contributed by atoms with Crippen LogP contribution in [0.5, 0.6) is 0 Å². The topological polar surface area (TPSA) is 88.1 Å². The van der Waals surface area contributed by atoms with Crippen molar-refractivity contribution in [1.82, 2.24) is 10.2 Å². The summed E-state index contributed by atoms with van der Waals surface area (Å²) in [5.74, 6) is -0.665. The molecule has 0 aromatic rings. The molecule has 0 spiro atoms. The number of carbonyl (C=O) groups excluding carboxylic acids is 1. The van der Waals surface area contributed by atoms with Gasteiger partial charge in [0.1, 0.15) is 0 Å². The van der Waals surface area contributed by atoms with E-state index in [9.17, 15) is 9.59 Å². The molecule has 2 heterocycles. The van der Waals surface area contributed by atoms with E-state index in [2.05, 4.69) is 5.32 Å². The molecule has 0 bridgehead atoms. The predicted molar refractivity (Wildman–Crippen MR) is 61.3 cm³/mol. The molecule has 2 amide bonds. The number of aliphatic carboxylic acids is 1. The third-order valence-electron chi connectivity index (χ3n) is 3.20. The SMILES string of the molecule is O=C(O)C1CN(C(=O)NCC2CCOC2)CCO1. The lowest BCUT2D eigenvalue weighted by molar-refractivity contribution is -0.154. The standard InChI is InChI=1S/C11H18N2O5/c14-10(15)9-6-13(2-4-18-9)11(16)12-5-8-1-3-17-7-8/h8-9H,1-7H2,(H,12,16)(H,14,15). The van der Waals surface area contributed by atoms with E-state index in [4.69, 9.17) is 14.6 Å². The van der Waals surface area contributed by atoms with Crippen LogP contribution in [0.1, 0.15) is 6.42 Å². The lowest BCUT2D eigenvalue weighted by Crippen LogP contribution is -2.52. The predicted octanol–water partition coefficient (Wildman–Crippen LogP) is -0.482. The molecular weight excluding hydrogens is 240 g/mol. The van der Waals surface area contributed by atoms with E-state index in [-0.39, 0.29) is 19.2 Å². The fraction of sp³-hybridized carbons (Fsp3) is 0.818. The van der Waals surface area contributed by atoms with Gasteiger partial charge in [0.05, 0.1) is 19.8 Å². The van der Waals surface area contributed by atoms with Crippen molar-refractivity contribution >= 4 is 12.0 Å². The number of ether oxygens (including phenoxy) is 2. The second-order valence-electron chi connectivity index (χ2n) is 4.56. The molecule has 2 atom stereocenters. The number of carbonyl (C=O) groups is 2. The van der Waals surface area contributed by atoms with Gasteiger partial charge in [0.15, 0.2) is 6.10 Å². The Bertz CT molecular complexity index is 317. The highest BCUT2D eigenvalue weighted by atomic mass is 16.5. The molecule has 2 unspecified atom stereocenters. The van der Waals surface area contributed by atoms with E-state index >= 15 is 0 Å². The number of hydrogen-bond acceptors (Lipinski definition) is 4. The zero-order valence-electron chi connectivity index (χ0n) is 10.1. The fourth-order valence-corrected chi connectivity index (χ4v) is 2.07. The number of hydrogen-bond donors (Lipinski definition) is 2. The molecule has 2 N–H and O–H groups in total. The summed E-state index contributed by atoms with van der Waals surface area (Å²) in [7, 11) is 0. The summed E-state index contributed by atoms with van der Waals surface area (Å²) in [6, 6.07) is -0.226. The molecule has 102 valence electrons. The average molecular weight is 258 g/mol. The van der Waals surface area contributed by atoms with Gasteiger partial charge in [-0.1, -0.05) is 0 Å². The molecule has 0 radical (unpaired) electrons. The van der Waals surface area contributed by atoms with Crippen molar-refractivity contribution in [2.75, 3.05) is 39.5 Å². The van der Waals surface area contributed by atoms with Gasteiger partial charge in [0.2, 0.25) is 0 Å². The lowest BCUT2D eigenvalue weighted by atomic mass is 10.1. The fourth-order valence-electron chi connectivity index (χ4n) is 2.07. The minimum atomic E-state index is -1.03. The first kappa shape index (κ1) is 13.1. The van der Waals surface area contributed by atoms with E-state index < -0.39 is 12.1 Å². The number of rotatable bonds is 3. The number of carboxylic acids is 1. The van der Waals surface area contributed by atoms with E-state index in [0.717, 1.165) is 13.0 Å². The molecule has 0 aromatic carbocycles. The van der Waals surface area contributed by atoms with Gasteiger partial charge in [-0.2, -0.15) is 0 Å². The Morgan fingerprint density at radius 2 is 2.22 bits per heavy atom. The molecule has 0 aromatic heterocycles. The van der Waals surface area contributed by atoms with Gasteiger partial charge in [-0.3, -0.25) is 0 Å². The summed E-state index contributed by atoms with van der Waals surface area (Å²) >= 11 is 0. The number of urea groups is 1. The molecule has 7 nitrogen and oxygen atoms in total. The van der Waals surface area contributed by atoms with E-state index in [1.807, 2.05) is 0 Å². The number of morpholine rings is 1. The minimum absolute atomic E-state index is 0.0995. The maximum absolute atomic E-state index is 11.8. The van der Waals surface area contributed by atoms with Gasteiger partial charge >= 0.3 is 12.0 Å². The van der Waals surface area contributed by atoms with Crippen LogP contribution >= 0.6 is 0 Å². The van der Waals surface area contributed by atoms with Gasteiger partial charge in [-0.05, 0) is 6.42 Å². The maximum atomic E-state index is 11.8. The minimum Gasteiger partial charge on any atom is -0.479 e. The first-order chi connectivity index (χ1) is 8.66. The Labute approximate surface area is 105 Å². The smallest absolute Gasteiger partial charge is 0.334 e. The van der Waals surface area contributed by atoms with Crippen LogP contribution in [0.25, 0.3) is 0 Å². The van der Waals surface area contributed by atoms with E-state index in [0.29, 0.717) is 25.6 Å². The van der Waals surface area contributed by atoms with Crippen LogP contribution in [-0.2, 0) is 14.3 Å². The van der Waals surface area contributed by atoms with Crippen LogP contribution in [-0.4, -0.2) is 67.6 Å². The Morgan fingerprint density at radius 1 is 1.39 bits per heavy atom. The number of amides is 2. The normalized spacial score (nSPS) is 28.1. The Hall–Kier alpha value is -1.34. The summed E-state index contributed by atoms with van der Waals surface area (Å²) in [5.41, 5.74) is 0. The van der Waals surface area contributed by atoms with Crippen molar-refractivity contribution in [1.29, 1.82) is 0 Å². The molecule has 7 heteroatoms. The molecule has 2 aliphatic rings. The van der Waals surface area contributed by atoms with Crippen molar-refractivity contribution in [3.8, 4) is 0 Å². The Kier molecular flexibility index (Phi) is 4.38.